The van der Waals surface area contributed by atoms with Gasteiger partial charge in [0.1, 0.15) is 18.2 Å². The summed E-state index contributed by atoms with van der Waals surface area (Å²) >= 11 is 0. The summed E-state index contributed by atoms with van der Waals surface area (Å²) in [6, 6.07) is 1.78. The van der Waals surface area contributed by atoms with E-state index in [4.69, 9.17) is 9.47 Å². The second kappa shape index (κ2) is 6.27. The van der Waals surface area contributed by atoms with E-state index in [1.807, 2.05) is 20.9 Å². The smallest absolute Gasteiger partial charge is 0.218 e. The van der Waals surface area contributed by atoms with E-state index in [9.17, 15) is 0 Å². The number of anilines is 1. The molecule has 1 N–H and O–H groups in total. The average molecular weight is 225 g/mol. The molecule has 0 radical (unpaired) electrons. The number of aromatic nitrogens is 2. The highest BCUT2D eigenvalue weighted by molar-refractivity contribution is 5.38. The van der Waals surface area contributed by atoms with Crippen LogP contribution in [0.5, 0.6) is 5.88 Å². The van der Waals surface area contributed by atoms with Crippen molar-refractivity contribution in [2.45, 2.75) is 19.8 Å². The van der Waals surface area contributed by atoms with Crippen LogP contribution in [-0.4, -0.2) is 37.3 Å². The Morgan fingerprint density at radius 1 is 1.31 bits per heavy atom. The molecule has 0 aliphatic heterocycles. The van der Waals surface area contributed by atoms with Gasteiger partial charge in [-0.05, 0) is 0 Å². The Morgan fingerprint density at radius 2 is 2.06 bits per heavy atom. The summed E-state index contributed by atoms with van der Waals surface area (Å²) in [6.45, 7) is 5.14. The van der Waals surface area contributed by atoms with Crippen LogP contribution in [0.15, 0.2) is 6.07 Å². The Morgan fingerprint density at radius 3 is 2.62 bits per heavy atom. The minimum atomic E-state index is 0.276. The van der Waals surface area contributed by atoms with Crippen LogP contribution in [0, 0.1) is 0 Å². The van der Waals surface area contributed by atoms with E-state index in [0.29, 0.717) is 19.1 Å². The van der Waals surface area contributed by atoms with Gasteiger partial charge in [-0.25, -0.2) is 4.98 Å². The fraction of sp³-hybridized carbons (Fsp3) is 0.636. The summed E-state index contributed by atoms with van der Waals surface area (Å²) in [5, 5.41) is 2.99. The summed E-state index contributed by atoms with van der Waals surface area (Å²) in [5.41, 5.74) is 0. The van der Waals surface area contributed by atoms with Crippen LogP contribution in [0.3, 0.4) is 0 Å². The van der Waals surface area contributed by atoms with Crippen LogP contribution in [0.1, 0.15) is 25.6 Å². The lowest BCUT2D eigenvalue weighted by Gasteiger charge is -2.10. The van der Waals surface area contributed by atoms with Crippen LogP contribution in [-0.2, 0) is 4.74 Å². The molecule has 0 amide bonds. The van der Waals surface area contributed by atoms with Gasteiger partial charge in [0.2, 0.25) is 5.88 Å². The van der Waals surface area contributed by atoms with Crippen molar-refractivity contribution in [2.75, 3.05) is 32.7 Å². The topological polar surface area (TPSA) is 56.3 Å². The van der Waals surface area contributed by atoms with Crippen molar-refractivity contribution >= 4 is 5.82 Å². The first-order valence-electron chi connectivity index (χ1n) is 5.35. The average Bonchev–Trinajstić information content (AvgIpc) is 2.29. The quantitative estimate of drug-likeness (QED) is 0.746. The van der Waals surface area contributed by atoms with Gasteiger partial charge in [-0.2, -0.15) is 4.98 Å². The van der Waals surface area contributed by atoms with E-state index in [-0.39, 0.29) is 5.92 Å². The third kappa shape index (κ3) is 3.66. The summed E-state index contributed by atoms with van der Waals surface area (Å²) in [6.07, 6.45) is 0. The van der Waals surface area contributed by atoms with Crippen molar-refractivity contribution < 1.29 is 9.47 Å². The lowest BCUT2D eigenvalue weighted by atomic mass is 10.2. The molecule has 1 aromatic heterocycles. The first-order valence-corrected chi connectivity index (χ1v) is 5.35. The van der Waals surface area contributed by atoms with Gasteiger partial charge in [-0.15, -0.1) is 0 Å². The standard InChI is InChI=1S/C11H19N3O2/c1-8(2)11-13-9(12-3)7-10(14-11)16-6-5-15-4/h7-8H,5-6H2,1-4H3,(H,12,13,14). The molecule has 0 spiro atoms. The molecule has 0 fully saturated rings. The number of rotatable bonds is 6. The van der Waals surface area contributed by atoms with Crippen LogP contribution in [0.4, 0.5) is 5.82 Å². The predicted octanol–water partition coefficient (Wildman–Crippen LogP) is 1.67. The Hall–Kier alpha value is -1.36. The predicted molar refractivity (Wildman–Crippen MR) is 63.0 cm³/mol. The number of nitrogens with one attached hydrogen (secondary N) is 1. The number of methoxy groups -OCH3 is 1. The van der Waals surface area contributed by atoms with Crippen molar-refractivity contribution in [3.63, 3.8) is 0 Å². The van der Waals surface area contributed by atoms with Gasteiger partial charge in [0, 0.05) is 26.1 Å². The van der Waals surface area contributed by atoms with Crippen molar-refractivity contribution in [3.05, 3.63) is 11.9 Å². The number of ether oxygens (including phenoxy) is 2. The van der Waals surface area contributed by atoms with E-state index >= 15 is 0 Å². The van der Waals surface area contributed by atoms with Gasteiger partial charge in [0.25, 0.3) is 0 Å². The van der Waals surface area contributed by atoms with E-state index in [1.54, 1.807) is 13.2 Å². The van der Waals surface area contributed by atoms with Gasteiger partial charge in [0.15, 0.2) is 0 Å². The summed E-state index contributed by atoms with van der Waals surface area (Å²) in [4.78, 5) is 8.67. The molecule has 0 saturated carbocycles. The molecule has 1 aromatic rings. The zero-order valence-electron chi connectivity index (χ0n) is 10.3. The molecule has 0 bridgehead atoms. The van der Waals surface area contributed by atoms with E-state index in [1.165, 1.54) is 0 Å². The number of hydrogen-bond donors (Lipinski definition) is 1. The third-order valence-electron chi connectivity index (χ3n) is 2.03. The Bertz CT molecular complexity index is 329. The maximum atomic E-state index is 5.46. The second-order valence-electron chi connectivity index (χ2n) is 3.70. The van der Waals surface area contributed by atoms with E-state index < -0.39 is 0 Å². The largest absolute Gasteiger partial charge is 0.475 e. The molecule has 1 heterocycles. The normalized spacial score (nSPS) is 10.6. The van der Waals surface area contributed by atoms with Gasteiger partial charge in [0.05, 0.1) is 6.61 Å². The molecule has 0 saturated heterocycles. The van der Waals surface area contributed by atoms with Gasteiger partial charge < -0.3 is 14.8 Å². The summed E-state index contributed by atoms with van der Waals surface area (Å²) < 4.78 is 10.4. The van der Waals surface area contributed by atoms with Crippen molar-refractivity contribution in [2.24, 2.45) is 0 Å². The maximum absolute atomic E-state index is 5.46. The molecule has 0 aromatic carbocycles. The molecular formula is C11H19N3O2. The minimum Gasteiger partial charge on any atom is -0.475 e. The fourth-order valence-corrected chi connectivity index (χ4v) is 1.13. The molecule has 1 rings (SSSR count). The summed E-state index contributed by atoms with van der Waals surface area (Å²) in [7, 11) is 3.47. The Labute approximate surface area is 96.2 Å². The lowest BCUT2D eigenvalue weighted by Crippen LogP contribution is -2.08. The highest BCUT2D eigenvalue weighted by Crippen LogP contribution is 2.17. The van der Waals surface area contributed by atoms with Crippen LogP contribution in [0.25, 0.3) is 0 Å². The SMILES string of the molecule is CNc1cc(OCCOC)nc(C(C)C)n1. The van der Waals surface area contributed by atoms with Crippen LogP contribution < -0.4 is 10.1 Å². The fourth-order valence-electron chi connectivity index (χ4n) is 1.13. The van der Waals surface area contributed by atoms with E-state index in [0.717, 1.165) is 11.6 Å². The Balaban J connectivity index is 2.78. The highest BCUT2D eigenvalue weighted by atomic mass is 16.5. The van der Waals surface area contributed by atoms with Crippen molar-refractivity contribution in [1.29, 1.82) is 0 Å². The highest BCUT2D eigenvalue weighted by Gasteiger charge is 2.07. The Kier molecular flexibility index (Phi) is 4.98. The van der Waals surface area contributed by atoms with Gasteiger partial charge in [-0.1, -0.05) is 13.8 Å². The molecule has 16 heavy (non-hydrogen) atoms. The number of nitrogens with zero attached hydrogens (tertiary/aromatic N) is 2. The lowest BCUT2D eigenvalue weighted by molar-refractivity contribution is 0.143. The zero-order chi connectivity index (χ0) is 12.0. The summed E-state index contributed by atoms with van der Waals surface area (Å²) in [5.74, 6) is 2.41. The first kappa shape index (κ1) is 12.7. The second-order valence-corrected chi connectivity index (χ2v) is 3.70. The van der Waals surface area contributed by atoms with Crippen LogP contribution in [0.2, 0.25) is 0 Å². The number of hydrogen-bond acceptors (Lipinski definition) is 5. The van der Waals surface area contributed by atoms with Crippen molar-refractivity contribution in [1.82, 2.24) is 9.97 Å². The molecule has 5 nitrogen and oxygen atoms in total. The maximum Gasteiger partial charge on any atom is 0.218 e. The zero-order valence-corrected chi connectivity index (χ0v) is 10.3. The molecule has 0 atom stereocenters. The molecule has 5 heteroatoms. The monoisotopic (exact) mass is 225 g/mol. The molecule has 0 aliphatic carbocycles. The van der Waals surface area contributed by atoms with Crippen LogP contribution >= 0.6 is 0 Å². The molecule has 0 unspecified atom stereocenters. The molecule has 90 valence electrons. The minimum absolute atomic E-state index is 0.276. The van der Waals surface area contributed by atoms with Gasteiger partial charge >= 0.3 is 0 Å². The molecule has 0 aliphatic rings. The van der Waals surface area contributed by atoms with Gasteiger partial charge in [-0.3, -0.25) is 0 Å². The third-order valence-corrected chi connectivity index (χ3v) is 2.03. The van der Waals surface area contributed by atoms with E-state index in [2.05, 4.69) is 15.3 Å². The first-order chi connectivity index (χ1) is 7.67. The van der Waals surface area contributed by atoms with Crippen molar-refractivity contribution in [3.8, 4) is 5.88 Å². The molecular weight excluding hydrogens is 206 g/mol.